The summed E-state index contributed by atoms with van der Waals surface area (Å²) in [6, 6.07) is 9.27. The molecule has 1 aliphatic rings. The minimum absolute atomic E-state index is 0.195. The summed E-state index contributed by atoms with van der Waals surface area (Å²) in [5.74, 6) is -0.750. The lowest BCUT2D eigenvalue weighted by molar-refractivity contribution is -0.125. The average Bonchev–Trinajstić information content (AvgIpc) is 2.99. The van der Waals surface area contributed by atoms with Gasteiger partial charge in [0.15, 0.2) is 5.15 Å². The van der Waals surface area contributed by atoms with Gasteiger partial charge in [0.05, 0.1) is 11.4 Å². The zero-order valence-electron chi connectivity index (χ0n) is 11.3. The van der Waals surface area contributed by atoms with Gasteiger partial charge in [-0.1, -0.05) is 28.9 Å². The first-order valence-corrected chi connectivity index (χ1v) is 6.91. The number of nitrogens with one attached hydrogen (secondary N) is 1. The molecule has 0 saturated carbocycles. The van der Waals surface area contributed by atoms with Gasteiger partial charge in [-0.25, -0.2) is 9.37 Å². The van der Waals surface area contributed by atoms with Crippen molar-refractivity contribution in [3.63, 3.8) is 0 Å². The van der Waals surface area contributed by atoms with Crippen LogP contribution in [-0.2, 0) is 9.63 Å². The Bertz CT molecular complexity index is 751. The number of amides is 1. The van der Waals surface area contributed by atoms with E-state index in [1.807, 2.05) is 0 Å². The molecule has 0 bridgehead atoms. The maximum absolute atomic E-state index is 13.2. The molecule has 0 saturated heterocycles. The average molecular weight is 320 g/mol. The molecule has 1 aliphatic heterocycles. The number of hydrogen-bond acceptors (Lipinski definition) is 4. The summed E-state index contributed by atoms with van der Waals surface area (Å²) in [5, 5.41) is 6.68. The number of benzene rings is 1. The molecule has 7 heteroatoms. The van der Waals surface area contributed by atoms with Crippen LogP contribution in [0.1, 0.15) is 12.0 Å². The van der Waals surface area contributed by atoms with Gasteiger partial charge in [-0.3, -0.25) is 4.79 Å². The van der Waals surface area contributed by atoms with Crippen molar-refractivity contribution in [1.29, 1.82) is 0 Å². The van der Waals surface area contributed by atoms with Crippen LogP contribution in [0.2, 0.25) is 5.15 Å². The van der Waals surface area contributed by atoms with Crippen LogP contribution in [0.3, 0.4) is 0 Å². The largest absolute Gasteiger partial charge is 0.382 e. The van der Waals surface area contributed by atoms with Gasteiger partial charge in [0.2, 0.25) is 6.10 Å². The van der Waals surface area contributed by atoms with E-state index in [-0.39, 0.29) is 23.3 Å². The van der Waals surface area contributed by atoms with Gasteiger partial charge in [0.25, 0.3) is 5.91 Å². The smallest absolute Gasteiger partial charge is 0.268 e. The van der Waals surface area contributed by atoms with Gasteiger partial charge in [-0.05, 0) is 24.3 Å². The molecular formula is C15H11ClFN3O2. The van der Waals surface area contributed by atoms with E-state index in [2.05, 4.69) is 15.5 Å². The topological polar surface area (TPSA) is 63.6 Å². The number of nitrogens with zero attached hydrogens (tertiary/aromatic N) is 2. The highest BCUT2D eigenvalue weighted by Gasteiger charge is 2.29. The fraction of sp³-hybridized carbons (Fsp3) is 0.133. The Hall–Kier alpha value is -2.47. The Morgan fingerprint density at radius 2 is 2.23 bits per heavy atom. The lowest BCUT2D eigenvalue weighted by Crippen LogP contribution is -2.28. The van der Waals surface area contributed by atoms with Crippen LogP contribution in [0.25, 0.3) is 0 Å². The summed E-state index contributed by atoms with van der Waals surface area (Å²) in [6.45, 7) is 0. The molecule has 5 nitrogen and oxygen atoms in total. The zero-order valence-corrected chi connectivity index (χ0v) is 12.0. The predicted octanol–water partition coefficient (Wildman–Crippen LogP) is 3.01. The number of halogens is 2. The Morgan fingerprint density at radius 1 is 1.36 bits per heavy atom. The SMILES string of the molecule is O=C(Nc1cccnc1Cl)C1CC(c2cccc(F)c2)=NO1. The van der Waals surface area contributed by atoms with Gasteiger partial charge in [-0.15, -0.1) is 0 Å². The fourth-order valence-corrected chi connectivity index (χ4v) is 2.22. The molecule has 1 N–H and O–H groups in total. The number of carbonyl (C=O) groups excluding carboxylic acids is 1. The summed E-state index contributed by atoms with van der Waals surface area (Å²) in [5.41, 5.74) is 1.52. The highest BCUT2D eigenvalue weighted by molar-refractivity contribution is 6.32. The van der Waals surface area contributed by atoms with Crippen LogP contribution >= 0.6 is 11.6 Å². The first-order valence-electron chi connectivity index (χ1n) is 6.53. The number of carbonyl (C=O) groups is 1. The van der Waals surface area contributed by atoms with Crippen LogP contribution in [0, 0.1) is 5.82 Å². The lowest BCUT2D eigenvalue weighted by Gasteiger charge is -2.10. The third-order valence-corrected chi connectivity index (χ3v) is 3.44. The van der Waals surface area contributed by atoms with E-state index in [4.69, 9.17) is 16.4 Å². The maximum Gasteiger partial charge on any atom is 0.268 e. The Kier molecular flexibility index (Phi) is 4.02. The molecule has 2 aromatic rings. The minimum Gasteiger partial charge on any atom is -0.382 e. The molecule has 1 unspecified atom stereocenters. The summed E-state index contributed by atoms with van der Waals surface area (Å²) in [4.78, 5) is 21.1. The molecule has 0 radical (unpaired) electrons. The second-order valence-corrected chi connectivity index (χ2v) is 5.04. The summed E-state index contributed by atoms with van der Waals surface area (Å²) >= 11 is 5.88. The number of hydrogen-bond donors (Lipinski definition) is 1. The predicted molar refractivity (Wildman–Crippen MR) is 80.3 cm³/mol. The molecule has 112 valence electrons. The quantitative estimate of drug-likeness (QED) is 0.885. The number of oxime groups is 1. The fourth-order valence-electron chi connectivity index (χ4n) is 2.05. The Balaban J connectivity index is 1.67. The molecule has 0 spiro atoms. The van der Waals surface area contributed by atoms with Crippen LogP contribution in [-0.4, -0.2) is 22.7 Å². The number of anilines is 1. The van der Waals surface area contributed by atoms with Crippen LogP contribution in [0.4, 0.5) is 10.1 Å². The summed E-state index contributed by atoms with van der Waals surface area (Å²) < 4.78 is 13.2. The maximum atomic E-state index is 13.2. The van der Waals surface area contributed by atoms with E-state index in [0.29, 0.717) is 17.0 Å². The van der Waals surface area contributed by atoms with E-state index in [0.717, 1.165) is 0 Å². The molecule has 0 fully saturated rings. The van der Waals surface area contributed by atoms with Crippen LogP contribution in [0.15, 0.2) is 47.8 Å². The molecule has 1 aromatic heterocycles. The molecule has 1 aromatic carbocycles. The van der Waals surface area contributed by atoms with Crippen molar-refractivity contribution in [2.45, 2.75) is 12.5 Å². The van der Waals surface area contributed by atoms with Crippen molar-refractivity contribution in [1.82, 2.24) is 4.98 Å². The van der Waals surface area contributed by atoms with E-state index in [1.165, 1.54) is 18.3 Å². The normalized spacial score (nSPS) is 16.8. The highest BCUT2D eigenvalue weighted by atomic mass is 35.5. The minimum atomic E-state index is -0.783. The first-order chi connectivity index (χ1) is 10.6. The van der Waals surface area contributed by atoms with Crippen molar-refractivity contribution >= 4 is 28.9 Å². The summed E-state index contributed by atoms with van der Waals surface area (Å²) in [6.07, 6.45) is 0.997. The van der Waals surface area contributed by atoms with Crippen molar-refractivity contribution in [2.24, 2.45) is 5.16 Å². The zero-order chi connectivity index (χ0) is 15.5. The molecule has 0 aliphatic carbocycles. The Labute approximate surface area is 130 Å². The van der Waals surface area contributed by atoms with Gasteiger partial charge in [0.1, 0.15) is 5.82 Å². The van der Waals surface area contributed by atoms with Gasteiger partial charge >= 0.3 is 0 Å². The monoisotopic (exact) mass is 319 g/mol. The van der Waals surface area contributed by atoms with Gasteiger partial charge < -0.3 is 10.2 Å². The number of aromatic nitrogens is 1. The van der Waals surface area contributed by atoms with E-state index < -0.39 is 6.10 Å². The second kappa shape index (κ2) is 6.11. The lowest BCUT2D eigenvalue weighted by atomic mass is 10.0. The molecule has 1 atom stereocenters. The number of rotatable bonds is 3. The van der Waals surface area contributed by atoms with Gasteiger partial charge in [0, 0.05) is 18.2 Å². The van der Waals surface area contributed by atoms with Gasteiger partial charge in [-0.2, -0.15) is 0 Å². The third kappa shape index (κ3) is 3.07. The highest BCUT2D eigenvalue weighted by Crippen LogP contribution is 2.21. The molecule has 1 amide bonds. The van der Waals surface area contributed by atoms with Crippen molar-refractivity contribution < 1.29 is 14.0 Å². The van der Waals surface area contributed by atoms with E-state index in [1.54, 1.807) is 24.3 Å². The van der Waals surface area contributed by atoms with Crippen molar-refractivity contribution in [3.05, 3.63) is 59.1 Å². The van der Waals surface area contributed by atoms with Crippen LogP contribution < -0.4 is 5.32 Å². The standard InChI is InChI=1S/C15H11ClFN3O2/c16-14-11(5-2-6-18-14)19-15(21)13-8-12(20-22-13)9-3-1-4-10(17)7-9/h1-7,13H,8H2,(H,19,21). The molecular weight excluding hydrogens is 309 g/mol. The van der Waals surface area contributed by atoms with Crippen molar-refractivity contribution in [3.8, 4) is 0 Å². The summed E-state index contributed by atoms with van der Waals surface area (Å²) in [7, 11) is 0. The molecule has 3 rings (SSSR count). The Morgan fingerprint density at radius 3 is 3.00 bits per heavy atom. The van der Waals surface area contributed by atoms with Crippen LogP contribution in [0.5, 0.6) is 0 Å². The second-order valence-electron chi connectivity index (χ2n) is 4.68. The van der Waals surface area contributed by atoms with E-state index in [9.17, 15) is 9.18 Å². The first kappa shape index (κ1) is 14.5. The van der Waals surface area contributed by atoms with E-state index >= 15 is 0 Å². The van der Waals surface area contributed by atoms with Crippen molar-refractivity contribution in [2.75, 3.05) is 5.32 Å². The third-order valence-electron chi connectivity index (χ3n) is 3.14. The molecule has 2 heterocycles. The molecule has 22 heavy (non-hydrogen) atoms. The number of pyridine rings is 1.